The lowest BCUT2D eigenvalue weighted by Gasteiger charge is -2.22. The molecule has 1 aliphatic carbocycles. The molecule has 1 fully saturated rings. The SMILES string of the molecule is CN(CC(F)(F)F)C(=O)NC1CCC(n2nnc3c(S(=O)(=O)c4ccccc4)nc4[nH]ccc4c32)C1. The summed E-state index contributed by atoms with van der Waals surface area (Å²) in [7, 11) is -2.91. The summed E-state index contributed by atoms with van der Waals surface area (Å²) in [5.41, 5.74) is 0.974. The standard InChI is InChI=1S/C22H22F3N7O3S/c1-31(12-22(23,24)25)21(33)27-13-7-8-14(11-13)32-18-16-9-10-26-19(16)28-20(17(18)29-30-32)36(34,35)15-5-3-2-4-6-15/h2-6,9-10,13-14H,7-8,11-12H2,1H3,(H,26,28)(H,27,33). The van der Waals surface area contributed by atoms with Crippen LogP contribution in [0.4, 0.5) is 18.0 Å². The number of carbonyl (C=O) groups excluding carboxylic acids is 1. The van der Waals surface area contributed by atoms with Crippen molar-refractivity contribution >= 4 is 37.9 Å². The third-order valence-corrected chi connectivity index (χ3v) is 7.93. The van der Waals surface area contributed by atoms with Crippen LogP contribution in [0.1, 0.15) is 25.3 Å². The van der Waals surface area contributed by atoms with Crippen LogP contribution in [-0.2, 0) is 9.84 Å². The Morgan fingerprint density at radius 2 is 1.97 bits per heavy atom. The Hall–Kier alpha value is -3.68. The number of aromatic nitrogens is 5. The smallest absolute Gasteiger partial charge is 0.346 e. The first kappa shape index (κ1) is 24.0. The van der Waals surface area contributed by atoms with Gasteiger partial charge in [0.15, 0.2) is 10.5 Å². The van der Waals surface area contributed by atoms with E-state index in [1.807, 2.05) is 0 Å². The quantitative estimate of drug-likeness (QED) is 0.415. The number of rotatable bonds is 5. The minimum Gasteiger partial charge on any atom is -0.346 e. The van der Waals surface area contributed by atoms with Gasteiger partial charge >= 0.3 is 12.2 Å². The molecule has 0 bridgehead atoms. The largest absolute Gasteiger partial charge is 0.406 e. The van der Waals surface area contributed by atoms with E-state index in [0.29, 0.717) is 40.7 Å². The highest BCUT2D eigenvalue weighted by Crippen LogP contribution is 2.36. The number of amides is 2. The molecule has 3 aromatic heterocycles. The van der Waals surface area contributed by atoms with Crippen molar-refractivity contribution in [1.29, 1.82) is 0 Å². The van der Waals surface area contributed by atoms with E-state index in [9.17, 15) is 26.4 Å². The van der Waals surface area contributed by atoms with Crippen molar-refractivity contribution in [2.75, 3.05) is 13.6 Å². The number of hydrogen-bond acceptors (Lipinski definition) is 6. The maximum Gasteiger partial charge on any atom is 0.406 e. The van der Waals surface area contributed by atoms with E-state index < -0.39 is 28.6 Å². The van der Waals surface area contributed by atoms with Crippen LogP contribution in [0, 0.1) is 0 Å². The van der Waals surface area contributed by atoms with Crippen molar-refractivity contribution in [1.82, 2.24) is 35.2 Å². The summed E-state index contributed by atoms with van der Waals surface area (Å²) >= 11 is 0. The van der Waals surface area contributed by atoms with Crippen LogP contribution >= 0.6 is 0 Å². The van der Waals surface area contributed by atoms with Gasteiger partial charge in [0, 0.05) is 24.7 Å². The average molecular weight is 522 g/mol. The van der Waals surface area contributed by atoms with E-state index in [4.69, 9.17) is 0 Å². The highest BCUT2D eigenvalue weighted by atomic mass is 32.2. The van der Waals surface area contributed by atoms with E-state index in [0.717, 1.165) is 7.05 Å². The molecule has 2 unspecified atom stereocenters. The number of aromatic amines is 1. The minimum absolute atomic E-state index is 0.0749. The maximum atomic E-state index is 13.4. The molecule has 0 spiro atoms. The van der Waals surface area contributed by atoms with Crippen LogP contribution in [0.15, 0.2) is 52.5 Å². The summed E-state index contributed by atoms with van der Waals surface area (Å²) in [5.74, 6) is 0. The number of carbonyl (C=O) groups is 1. The number of nitrogens with one attached hydrogen (secondary N) is 2. The fraction of sp³-hybridized carbons (Fsp3) is 0.364. The normalized spacial score (nSPS) is 18.7. The minimum atomic E-state index is -4.49. The zero-order chi connectivity index (χ0) is 25.7. The highest BCUT2D eigenvalue weighted by molar-refractivity contribution is 7.91. The van der Waals surface area contributed by atoms with Crippen molar-refractivity contribution in [3.63, 3.8) is 0 Å². The van der Waals surface area contributed by atoms with E-state index in [1.54, 1.807) is 35.1 Å². The molecule has 2 N–H and O–H groups in total. The molecule has 0 aliphatic heterocycles. The highest BCUT2D eigenvalue weighted by Gasteiger charge is 2.35. The fourth-order valence-corrected chi connectivity index (χ4v) is 5.92. The molecular formula is C22H22F3N7O3S. The van der Waals surface area contributed by atoms with Crippen molar-refractivity contribution < 1.29 is 26.4 Å². The molecule has 1 aromatic carbocycles. The number of nitrogens with zero attached hydrogens (tertiary/aromatic N) is 5. The van der Waals surface area contributed by atoms with Crippen LogP contribution in [-0.4, -0.2) is 70.1 Å². The number of alkyl halides is 3. The van der Waals surface area contributed by atoms with Crippen LogP contribution in [0.3, 0.4) is 0 Å². The van der Waals surface area contributed by atoms with Crippen molar-refractivity contribution in [3.05, 3.63) is 42.6 Å². The Labute approximate surface area is 203 Å². The van der Waals surface area contributed by atoms with Crippen LogP contribution in [0.25, 0.3) is 22.1 Å². The topological polar surface area (TPSA) is 126 Å². The molecule has 14 heteroatoms. The van der Waals surface area contributed by atoms with E-state index >= 15 is 0 Å². The molecule has 1 aliphatic rings. The van der Waals surface area contributed by atoms with E-state index in [-0.39, 0.29) is 27.5 Å². The Kier molecular flexibility index (Phi) is 5.85. The third kappa shape index (κ3) is 4.36. The zero-order valence-corrected chi connectivity index (χ0v) is 19.8. The zero-order valence-electron chi connectivity index (χ0n) is 19.0. The lowest BCUT2D eigenvalue weighted by atomic mass is 10.2. The lowest BCUT2D eigenvalue weighted by molar-refractivity contribution is -0.137. The fourth-order valence-electron chi connectivity index (χ4n) is 4.58. The molecule has 0 radical (unpaired) electrons. The number of H-pyrrole nitrogens is 1. The summed E-state index contributed by atoms with van der Waals surface area (Å²) in [4.78, 5) is 20.2. The van der Waals surface area contributed by atoms with Crippen LogP contribution < -0.4 is 5.32 Å². The van der Waals surface area contributed by atoms with Crippen LogP contribution in [0.5, 0.6) is 0 Å². The molecule has 0 saturated heterocycles. The number of sulfone groups is 1. The predicted octanol–water partition coefficient (Wildman–Crippen LogP) is 3.44. The molecule has 1 saturated carbocycles. The molecule has 2 atom stereocenters. The Morgan fingerprint density at radius 1 is 1.22 bits per heavy atom. The first-order valence-corrected chi connectivity index (χ1v) is 12.6. The van der Waals surface area contributed by atoms with Crippen LogP contribution in [0.2, 0.25) is 0 Å². The van der Waals surface area contributed by atoms with E-state index in [1.165, 1.54) is 12.1 Å². The third-order valence-electron chi connectivity index (χ3n) is 6.24. The summed E-state index contributed by atoms with van der Waals surface area (Å²) in [6.45, 7) is -1.35. The van der Waals surface area contributed by atoms with Gasteiger partial charge in [0.2, 0.25) is 9.84 Å². The Bertz CT molecular complexity index is 1530. The molecule has 4 aromatic rings. The molecule has 3 heterocycles. The summed E-state index contributed by atoms with van der Waals surface area (Å²) in [5, 5.41) is 11.5. The van der Waals surface area contributed by atoms with Crippen molar-refractivity contribution in [2.45, 2.75) is 47.4 Å². The second-order valence-corrected chi connectivity index (χ2v) is 10.7. The second-order valence-electron chi connectivity index (χ2n) is 8.79. The average Bonchev–Trinajstić information content (AvgIpc) is 3.56. The Balaban J connectivity index is 1.47. The lowest BCUT2D eigenvalue weighted by Crippen LogP contribution is -2.45. The van der Waals surface area contributed by atoms with Crippen molar-refractivity contribution in [2.24, 2.45) is 0 Å². The second kappa shape index (κ2) is 8.76. The van der Waals surface area contributed by atoms with Gasteiger partial charge < -0.3 is 15.2 Å². The van der Waals surface area contributed by atoms with Gasteiger partial charge in [-0.2, -0.15) is 13.2 Å². The number of urea groups is 1. The summed E-state index contributed by atoms with van der Waals surface area (Å²) in [6, 6.07) is 8.23. The van der Waals surface area contributed by atoms with Gasteiger partial charge in [0.25, 0.3) is 0 Å². The van der Waals surface area contributed by atoms with Gasteiger partial charge in [0.1, 0.15) is 17.7 Å². The number of hydrogen-bond donors (Lipinski definition) is 2. The van der Waals surface area contributed by atoms with Gasteiger partial charge in [-0.05, 0) is 37.5 Å². The molecule has 36 heavy (non-hydrogen) atoms. The molecular weight excluding hydrogens is 499 g/mol. The summed E-state index contributed by atoms with van der Waals surface area (Å²) in [6.07, 6.45) is -1.35. The van der Waals surface area contributed by atoms with Gasteiger partial charge in [-0.1, -0.05) is 23.4 Å². The Morgan fingerprint density at radius 3 is 2.69 bits per heavy atom. The molecule has 5 rings (SSSR count). The first-order chi connectivity index (χ1) is 17.0. The number of pyridine rings is 1. The molecule has 2 amide bonds. The first-order valence-electron chi connectivity index (χ1n) is 11.1. The number of benzene rings is 1. The number of fused-ring (bicyclic) bond motifs is 3. The molecule has 190 valence electrons. The number of halogens is 3. The van der Waals surface area contributed by atoms with Gasteiger partial charge in [0.05, 0.1) is 10.9 Å². The monoisotopic (exact) mass is 521 g/mol. The van der Waals surface area contributed by atoms with Gasteiger partial charge in [-0.15, -0.1) is 5.10 Å². The van der Waals surface area contributed by atoms with E-state index in [2.05, 4.69) is 25.6 Å². The maximum absolute atomic E-state index is 13.4. The predicted molar refractivity (Wildman–Crippen MR) is 123 cm³/mol. The van der Waals surface area contributed by atoms with Gasteiger partial charge in [-0.3, -0.25) is 0 Å². The summed E-state index contributed by atoms with van der Waals surface area (Å²) < 4.78 is 66.3. The molecule has 10 nitrogen and oxygen atoms in total. The van der Waals surface area contributed by atoms with Crippen molar-refractivity contribution in [3.8, 4) is 0 Å². The van der Waals surface area contributed by atoms with Gasteiger partial charge in [-0.25, -0.2) is 22.9 Å².